The Kier molecular flexibility index (Phi) is 5.95. The fourth-order valence-corrected chi connectivity index (χ4v) is 3.82. The maximum absolute atomic E-state index is 6.36. The standard InChI is InChI=1S/C19H37NO2/c1-7-20(6)13-10-17-14-21-19(22-17)11-8-16(9-12-19)18(4,5)15(2)3/h15-17H,7-14H2,1-6H3. The van der Waals surface area contributed by atoms with Crippen LogP contribution in [0.2, 0.25) is 0 Å². The third kappa shape index (κ3) is 4.04. The molecule has 1 heterocycles. The number of ether oxygens (including phenoxy) is 2. The normalized spacial score (nSPS) is 33.3. The van der Waals surface area contributed by atoms with Crippen molar-refractivity contribution in [3.8, 4) is 0 Å². The molecule has 0 bridgehead atoms. The quantitative estimate of drug-likeness (QED) is 0.729. The van der Waals surface area contributed by atoms with E-state index in [9.17, 15) is 0 Å². The predicted octanol–water partition coefficient (Wildman–Crippen LogP) is 4.31. The molecule has 3 heteroatoms. The molecule has 1 spiro atoms. The molecule has 0 amide bonds. The minimum Gasteiger partial charge on any atom is -0.347 e. The van der Waals surface area contributed by atoms with Gasteiger partial charge in [-0.05, 0) is 50.1 Å². The molecule has 1 saturated carbocycles. The summed E-state index contributed by atoms with van der Waals surface area (Å²) < 4.78 is 12.5. The van der Waals surface area contributed by atoms with E-state index in [1.165, 1.54) is 12.8 Å². The Morgan fingerprint density at radius 1 is 1.23 bits per heavy atom. The summed E-state index contributed by atoms with van der Waals surface area (Å²) in [4.78, 5) is 2.34. The lowest BCUT2D eigenvalue weighted by atomic mass is 9.64. The van der Waals surface area contributed by atoms with Gasteiger partial charge in [0.15, 0.2) is 5.79 Å². The van der Waals surface area contributed by atoms with Crippen LogP contribution < -0.4 is 0 Å². The van der Waals surface area contributed by atoms with Gasteiger partial charge in [-0.3, -0.25) is 0 Å². The van der Waals surface area contributed by atoms with Crippen molar-refractivity contribution < 1.29 is 9.47 Å². The highest BCUT2D eigenvalue weighted by Gasteiger charge is 2.46. The molecule has 3 nitrogen and oxygen atoms in total. The lowest BCUT2D eigenvalue weighted by Crippen LogP contribution is -2.41. The maximum Gasteiger partial charge on any atom is 0.168 e. The van der Waals surface area contributed by atoms with Gasteiger partial charge in [0.05, 0.1) is 12.7 Å². The molecule has 0 aromatic carbocycles. The molecule has 0 aromatic heterocycles. The first-order chi connectivity index (χ1) is 10.3. The van der Waals surface area contributed by atoms with Crippen LogP contribution in [0.4, 0.5) is 0 Å². The van der Waals surface area contributed by atoms with Crippen LogP contribution in [0, 0.1) is 17.3 Å². The van der Waals surface area contributed by atoms with Crippen molar-refractivity contribution in [2.45, 2.75) is 78.6 Å². The third-order valence-corrected chi connectivity index (χ3v) is 6.57. The van der Waals surface area contributed by atoms with Crippen LogP contribution in [0.1, 0.15) is 66.7 Å². The van der Waals surface area contributed by atoms with E-state index in [-0.39, 0.29) is 5.79 Å². The zero-order valence-corrected chi connectivity index (χ0v) is 15.7. The van der Waals surface area contributed by atoms with Gasteiger partial charge in [0.25, 0.3) is 0 Å². The van der Waals surface area contributed by atoms with E-state index >= 15 is 0 Å². The van der Waals surface area contributed by atoms with Crippen LogP contribution in [0.3, 0.4) is 0 Å². The summed E-state index contributed by atoms with van der Waals surface area (Å²) in [5, 5.41) is 0. The van der Waals surface area contributed by atoms with Crippen molar-refractivity contribution in [2.24, 2.45) is 17.3 Å². The molecule has 0 radical (unpaired) electrons. The maximum atomic E-state index is 6.36. The molecule has 2 fully saturated rings. The Labute approximate surface area is 137 Å². The van der Waals surface area contributed by atoms with E-state index < -0.39 is 0 Å². The Hall–Kier alpha value is -0.120. The Morgan fingerprint density at radius 3 is 2.41 bits per heavy atom. The van der Waals surface area contributed by atoms with Crippen molar-refractivity contribution in [3.63, 3.8) is 0 Å². The molecule has 2 aliphatic rings. The fourth-order valence-electron chi connectivity index (χ4n) is 3.82. The molecule has 1 aliphatic heterocycles. The van der Waals surface area contributed by atoms with Crippen molar-refractivity contribution in [1.29, 1.82) is 0 Å². The van der Waals surface area contributed by atoms with Gasteiger partial charge in [0.2, 0.25) is 0 Å². The van der Waals surface area contributed by atoms with Crippen molar-refractivity contribution in [2.75, 3.05) is 26.7 Å². The summed E-state index contributed by atoms with van der Waals surface area (Å²) in [6.07, 6.45) is 6.03. The van der Waals surface area contributed by atoms with Gasteiger partial charge >= 0.3 is 0 Å². The van der Waals surface area contributed by atoms with E-state index in [1.54, 1.807) is 0 Å². The second kappa shape index (κ2) is 7.19. The molecule has 0 N–H and O–H groups in total. The lowest BCUT2D eigenvalue weighted by Gasteiger charge is -2.44. The Bertz CT molecular complexity index is 345. The first-order valence-electron chi connectivity index (χ1n) is 9.29. The van der Waals surface area contributed by atoms with Gasteiger partial charge in [0.1, 0.15) is 0 Å². The smallest absolute Gasteiger partial charge is 0.168 e. The lowest BCUT2D eigenvalue weighted by molar-refractivity contribution is -0.198. The molecular weight excluding hydrogens is 274 g/mol. The van der Waals surface area contributed by atoms with Crippen LogP contribution in [0.15, 0.2) is 0 Å². The van der Waals surface area contributed by atoms with Crippen LogP contribution in [-0.4, -0.2) is 43.5 Å². The Morgan fingerprint density at radius 2 is 1.86 bits per heavy atom. The molecule has 1 unspecified atom stereocenters. The molecule has 1 saturated heterocycles. The first kappa shape index (κ1) is 18.2. The minimum atomic E-state index is -0.251. The molecule has 0 aromatic rings. The average molecular weight is 312 g/mol. The zero-order chi connectivity index (χ0) is 16.4. The highest BCUT2D eigenvalue weighted by Crippen LogP contribution is 2.48. The van der Waals surface area contributed by atoms with Gasteiger partial charge in [-0.1, -0.05) is 34.6 Å². The molecule has 1 aliphatic carbocycles. The topological polar surface area (TPSA) is 21.7 Å². The van der Waals surface area contributed by atoms with Gasteiger partial charge in [-0.25, -0.2) is 0 Å². The van der Waals surface area contributed by atoms with Crippen LogP contribution in [-0.2, 0) is 9.47 Å². The monoisotopic (exact) mass is 311 g/mol. The van der Waals surface area contributed by atoms with Crippen molar-refractivity contribution in [1.82, 2.24) is 4.90 Å². The van der Waals surface area contributed by atoms with E-state index in [0.29, 0.717) is 11.5 Å². The summed E-state index contributed by atoms with van der Waals surface area (Å²) in [6.45, 7) is 14.8. The predicted molar refractivity (Wildman–Crippen MR) is 91.9 cm³/mol. The summed E-state index contributed by atoms with van der Waals surface area (Å²) >= 11 is 0. The third-order valence-electron chi connectivity index (χ3n) is 6.57. The van der Waals surface area contributed by atoms with Gasteiger partial charge in [-0.2, -0.15) is 0 Å². The van der Waals surface area contributed by atoms with Gasteiger partial charge < -0.3 is 14.4 Å². The summed E-state index contributed by atoms with van der Waals surface area (Å²) in [6, 6.07) is 0. The average Bonchev–Trinajstić information content (AvgIpc) is 2.88. The molecular formula is C19H37NO2. The molecule has 2 rings (SSSR count). The van der Waals surface area contributed by atoms with Crippen LogP contribution in [0.25, 0.3) is 0 Å². The minimum absolute atomic E-state index is 0.251. The number of rotatable bonds is 6. The first-order valence-corrected chi connectivity index (χ1v) is 9.29. The fraction of sp³-hybridized carbons (Fsp3) is 1.00. The van der Waals surface area contributed by atoms with Gasteiger partial charge in [0, 0.05) is 19.4 Å². The number of hydrogen-bond acceptors (Lipinski definition) is 3. The molecule has 1 atom stereocenters. The second-order valence-electron chi connectivity index (χ2n) is 8.40. The Balaban J connectivity index is 1.81. The van der Waals surface area contributed by atoms with E-state index in [2.05, 4.69) is 46.6 Å². The van der Waals surface area contributed by atoms with Crippen LogP contribution in [0.5, 0.6) is 0 Å². The number of nitrogens with zero attached hydrogens (tertiary/aromatic N) is 1. The second-order valence-corrected chi connectivity index (χ2v) is 8.40. The zero-order valence-electron chi connectivity index (χ0n) is 15.7. The van der Waals surface area contributed by atoms with Gasteiger partial charge in [-0.15, -0.1) is 0 Å². The molecule has 130 valence electrons. The summed E-state index contributed by atoms with van der Waals surface area (Å²) in [7, 11) is 2.17. The highest BCUT2D eigenvalue weighted by atomic mass is 16.7. The number of hydrogen-bond donors (Lipinski definition) is 0. The van der Waals surface area contributed by atoms with E-state index in [4.69, 9.17) is 9.47 Å². The summed E-state index contributed by atoms with van der Waals surface area (Å²) in [5.41, 5.74) is 0.420. The van der Waals surface area contributed by atoms with E-state index in [0.717, 1.165) is 50.8 Å². The van der Waals surface area contributed by atoms with E-state index in [1.807, 2.05) is 0 Å². The summed E-state index contributed by atoms with van der Waals surface area (Å²) in [5.74, 6) is 1.28. The van der Waals surface area contributed by atoms with Crippen molar-refractivity contribution >= 4 is 0 Å². The van der Waals surface area contributed by atoms with Crippen LogP contribution >= 0.6 is 0 Å². The van der Waals surface area contributed by atoms with Crippen molar-refractivity contribution in [3.05, 3.63) is 0 Å². The molecule has 22 heavy (non-hydrogen) atoms. The SMILES string of the molecule is CCN(C)CCC1COC2(CCC(C(C)(C)C(C)C)CC2)O1. The highest BCUT2D eigenvalue weighted by molar-refractivity contribution is 4.91. The largest absolute Gasteiger partial charge is 0.347 e.